The molecule has 1 N–H and O–H groups in total. The molecule has 3 heterocycles. The van der Waals surface area contributed by atoms with E-state index in [4.69, 9.17) is 9.26 Å². The van der Waals surface area contributed by atoms with Crippen LogP contribution in [0.5, 0.6) is 0 Å². The molecule has 9 heteroatoms. The Labute approximate surface area is 171 Å². The molecule has 3 aromatic rings. The van der Waals surface area contributed by atoms with Crippen LogP contribution in [0, 0.1) is 6.92 Å². The standard InChI is InChI=1S/C20H22N4O4S/c1-12-10-17(28-23-12)22-18(25)13(2)29-20-21-16-8-4-3-7-15(16)19(26)24(20)11-14-6-5-9-27-14/h3-4,7-8,10,13-14H,5-6,9,11H2,1-2H3,(H,22,25)/t13-,14+/m1/s1. The lowest BCUT2D eigenvalue weighted by atomic mass is 10.2. The van der Waals surface area contributed by atoms with Gasteiger partial charge in [0.15, 0.2) is 5.16 Å². The zero-order valence-electron chi connectivity index (χ0n) is 16.3. The summed E-state index contributed by atoms with van der Waals surface area (Å²) in [7, 11) is 0. The highest BCUT2D eigenvalue weighted by Gasteiger charge is 2.23. The molecule has 1 amide bonds. The summed E-state index contributed by atoms with van der Waals surface area (Å²) >= 11 is 1.24. The number of amides is 1. The average molecular weight is 414 g/mol. The minimum Gasteiger partial charge on any atom is -0.376 e. The number of anilines is 1. The first-order chi connectivity index (χ1) is 14.0. The van der Waals surface area contributed by atoms with Crippen molar-refractivity contribution in [2.45, 2.75) is 49.7 Å². The number of thioether (sulfide) groups is 1. The van der Waals surface area contributed by atoms with E-state index in [1.165, 1.54) is 11.8 Å². The highest BCUT2D eigenvalue weighted by atomic mass is 32.2. The van der Waals surface area contributed by atoms with Crippen molar-refractivity contribution in [3.63, 3.8) is 0 Å². The molecule has 29 heavy (non-hydrogen) atoms. The lowest BCUT2D eigenvalue weighted by molar-refractivity contribution is -0.115. The van der Waals surface area contributed by atoms with E-state index in [0.717, 1.165) is 12.8 Å². The average Bonchev–Trinajstić information content (AvgIpc) is 3.36. The third-order valence-corrected chi connectivity index (χ3v) is 5.85. The van der Waals surface area contributed by atoms with Crippen LogP contribution in [-0.4, -0.2) is 38.6 Å². The molecule has 0 aliphatic carbocycles. The number of nitrogens with zero attached hydrogens (tertiary/aromatic N) is 3. The highest BCUT2D eigenvalue weighted by Crippen LogP contribution is 2.25. The Morgan fingerprint density at radius 3 is 2.97 bits per heavy atom. The normalized spacial score (nSPS) is 17.5. The number of carbonyl (C=O) groups excluding carboxylic acids is 1. The molecule has 2 aromatic heterocycles. The van der Waals surface area contributed by atoms with Crippen molar-refractivity contribution in [2.24, 2.45) is 0 Å². The van der Waals surface area contributed by atoms with Crippen LogP contribution in [0.1, 0.15) is 25.5 Å². The summed E-state index contributed by atoms with van der Waals surface area (Å²) in [5.74, 6) is 0.0420. The monoisotopic (exact) mass is 414 g/mol. The Hall–Kier alpha value is -2.65. The van der Waals surface area contributed by atoms with Gasteiger partial charge in [-0.2, -0.15) is 0 Å². The van der Waals surface area contributed by atoms with Crippen LogP contribution in [0.15, 0.2) is 44.8 Å². The molecule has 2 atom stereocenters. The fourth-order valence-electron chi connectivity index (χ4n) is 3.25. The van der Waals surface area contributed by atoms with E-state index in [-0.39, 0.29) is 17.6 Å². The molecule has 0 unspecified atom stereocenters. The van der Waals surface area contributed by atoms with Gasteiger partial charge < -0.3 is 9.26 Å². The van der Waals surface area contributed by atoms with Gasteiger partial charge in [-0.25, -0.2) is 4.98 Å². The minimum atomic E-state index is -0.496. The quantitative estimate of drug-likeness (QED) is 0.489. The van der Waals surface area contributed by atoms with Crippen molar-refractivity contribution in [1.29, 1.82) is 0 Å². The van der Waals surface area contributed by atoms with Gasteiger partial charge in [0.25, 0.3) is 5.56 Å². The van der Waals surface area contributed by atoms with Gasteiger partial charge in [-0.15, -0.1) is 0 Å². The molecule has 0 bridgehead atoms. The Morgan fingerprint density at radius 2 is 2.24 bits per heavy atom. The molecule has 0 radical (unpaired) electrons. The van der Waals surface area contributed by atoms with Crippen molar-refractivity contribution in [3.05, 3.63) is 46.4 Å². The van der Waals surface area contributed by atoms with Crippen LogP contribution in [-0.2, 0) is 16.1 Å². The predicted molar refractivity (Wildman–Crippen MR) is 110 cm³/mol. The first-order valence-electron chi connectivity index (χ1n) is 9.53. The molecule has 1 aliphatic rings. The number of rotatable bonds is 6. The van der Waals surface area contributed by atoms with Crippen LogP contribution in [0.2, 0.25) is 0 Å². The van der Waals surface area contributed by atoms with Gasteiger partial charge in [0.2, 0.25) is 11.8 Å². The van der Waals surface area contributed by atoms with E-state index in [1.807, 2.05) is 12.1 Å². The van der Waals surface area contributed by atoms with E-state index in [1.54, 1.807) is 36.6 Å². The highest BCUT2D eigenvalue weighted by molar-refractivity contribution is 8.00. The number of para-hydroxylation sites is 1. The van der Waals surface area contributed by atoms with Crippen LogP contribution >= 0.6 is 11.8 Å². The molecule has 1 aliphatic heterocycles. The van der Waals surface area contributed by atoms with Crippen LogP contribution in [0.3, 0.4) is 0 Å². The fourth-order valence-corrected chi connectivity index (χ4v) is 4.17. The Balaban J connectivity index is 1.62. The van der Waals surface area contributed by atoms with Gasteiger partial charge in [0.1, 0.15) is 0 Å². The molecule has 8 nitrogen and oxygen atoms in total. The molecule has 1 aromatic carbocycles. The van der Waals surface area contributed by atoms with E-state index < -0.39 is 5.25 Å². The van der Waals surface area contributed by atoms with Crippen molar-refractivity contribution in [2.75, 3.05) is 11.9 Å². The molecule has 1 fully saturated rings. The number of carbonyl (C=O) groups is 1. The smallest absolute Gasteiger partial charge is 0.262 e. The summed E-state index contributed by atoms with van der Waals surface area (Å²) in [6, 6.07) is 8.89. The Morgan fingerprint density at radius 1 is 1.41 bits per heavy atom. The number of fused-ring (bicyclic) bond motifs is 1. The van der Waals surface area contributed by atoms with E-state index in [0.29, 0.717) is 40.8 Å². The van der Waals surface area contributed by atoms with Crippen molar-refractivity contribution in [3.8, 4) is 0 Å². The molecular weight excluding hydrogens is 392 g/mol. The maximum atomic E-state index is 13.1. The van der Waals surface area contributed by atoms with E-state index >= 15 is 0 Å². The molecule has 0 spiro atoms. The second kappa shape index (κ2) is 8.38. The summed E-state index contributed by atoms with van der Waals surface area (Å²) in [5, 5.41) is 7.02. The van der Waals surface area contributed by atoms with Crippen molar-refractivity contribution >= 4 is 34.5 Å². The summed E-state index contributed by atoms with van der Waals surface area (Å²) < 4.78 is 12.4. The van der Waals surface area contributed by atoms with Crippen molar-refractivity contribution in [1.82, 2.24) is 14.7 Å². The van der Waals surface area contributed by atoms with Gasteiger partial charge in [0.05, 0.1) is 34.5 Å². The van der Waals surface area contributed by atoms with Crippen molar-refractivity contribution < 1.29 is 14.1 Å². The summed E-state index contributed by atoms with van der Waals surface area (Å²) in [4.78, 5) is 30.3. The Kier molecular flexibility index (Phi) is 5.68. The Bertz CT molecular complexity index is 1090. The van der Waals surface area contributed by atoms with Gasteiger partial charge in [0, 0.05) is 12.7 Å². The van der Waals surface area contributed by atoms with Gasteiger partial charge in [-0.3, -0.25) is 19.5 Å². The molecular formula is C20H22N4O4S. The van der Waals surface area contributed by atoms with Crippen LogP contribution in [0.4, 0.5) is 5.88 Å². The van der Waals surface area contributed by atoms with Crippen LogP contribution < -0.4 is 10.9 Å². The molecule has 1 saturated heterocycles. The summed E-state index contributed by atoms with van der Waals surface area (Å²) in [6.45, 7) is 4.67. The first kappa shape index (κ1) is 19.7. The summed E-state index contributed by atoms with van der Waals surface area (Å²) in [5.41, 5.74) is 1.18. The number of hydrogen-bond acceptors (Lipinski definition) is 7. The maximum Gasteiger partial charge on any atom is 0.262 e. The molecule has 152 valence electrons. The largest absolute Gasteiger partial charge is 0.376 e. The third-order valence-electron chi connectivity index (χ3n) is 4.76. The third kappa shape index (κ3) is 4.35. The fraction of sp³-hybridized carbons (Fsp3) is 0.400. The minimum absolute atomic E-state index is 0.0173. The first-order valence-corrected chi connectivity index (χ1v) is 10.4. The van der Waals surface area contributed by atoms with Gasteiger partial charge >= 0.3 is 0 Å². The number of benzene rings is 1. The lowest BCUT2D eigenvalue weighted by Crippen LogP contribution is -2.30. The number of hydrogen-bond donors (Lipinski definition) is 1. The van der Waals surface area contributed by atoms with Gasteiger partial charge in [-0.05, 0) is 38.8 Å². The lowest BCUT2D eigenvalue weighted by Gasteiger charge is -2.18. The number of nitrogens with one attached hydrogen (secondary N) is 1. The zero-order chi connectivity index (χ0) is 20.4. The predicted octanol–water partition coefficient (Wildman–Crippen LogP) is 2.99. The SMILES string of the molecule is Cc1cc(NC(=O)[C@@H](C)Sc2nc3ccccc3c(=O)n2C[C@@H]2CCCO2)on1. The number of aryl methyl sites for hydroxylation is 1. The van der Waals surface area contributed by atoms with Gasteiger partial charge in [-0.1, -0.05) is 29.1 Å². The second-order valence-electron chi connectivity index (χ2n) is 7.04. The number of ether oxygens (including phenoxy) is 1. The molecule has 0 saturated carbocycles. The van der Waals surface area contributed by atoms with Crippen LogP contribution in [0.25, 0.3) is 10.9 Å². The van der Waals surface area contributed by atoms with E-state index in [2.05, 4.69) is 15.5 Å². The zero-order valence-corrected chi connectivity index (χ0v) is 17.1. The topological polar surface area (TPSA) is 99.2 Å². The maximum absolute atomic E-state index is 13.1. The molecule has 4 rings (SSSR count). The summed E-state index contributed by atoms with van der Waals surface area (Å²) in [6.07, 6.45) is 1.87. The van der Waals surface area contributed by atoms with E-state index in [9.17, 15) is 9.59 Å². The number of aromatic nitrogens is 3. The second-order valence-corrected chi connectivity index (χ2v) is 8.35.